The SMILES string of the molecule is CCC(CC)(Cc1ccc(Cl)cc1F)C(=O)O. The van der Waals surface area contributed by atoms with Crippen LogP contribution < -0.4 is 0 Å². The van der Waals surface area contributed by atoms with Crippen molar-refractivity contribution in [2.24, 2.45) is 5.41 Å². The molecule has 0 saturated heterocycles. The van der Waals surface area contributed by atoms with Gasteiger partial charge in [-0.2, -0.15) is 0 Å². The molecule has 0 aromatic heterocycles. The molecule has 1 N–H and O–H groups in total. The number of halogens is 2. The first-order valence-electron chi connectivity index (χ1n) is 5.62. The molecular formula is C13H16ClFO2. The Hall–Kier alpha value is -1.09. The summed E-state index contributed by atoms with van der Waals surface area (Å²) in [4.78, 5) is 11.3. The van der Waals surface area contributed by atoms with Gasteiger partial charge in [-0.3, -0.25) is 4.79 Å². The minimum absolute atomic E-state index is 0.193. The zero-order valence-electron chi connectivity index (χ0n) is 9.96. The van der Waals surface area contributed by atoms with Gasteiger partial charge in [-0.1, -0.05) is 31.5 Å². The fraction of sp³-hybridized carbons (Fsp3) is 0.462. The Labute approximate surface area is 105 Å². The van der Waals surface area contributed by atoms with Crippen LogP contribution in [0.15, 0.2) is 18.2 Å². The van der Waals surface area contributed by atoms with Gasteiger partial charge in [-0.25, -0.2) is 4.39 Å². The maximum atomic E-state index is 13.6. The first-order valence-corrected chi connectivity index (χ1v) is 6.00. The van der Waals surface area contributed by atoms with Gasteiger partial charge in [0.2, 0.25) is 0 Å². The van der Waals surface area contributed by atoms with Crippen LogP contribution in [-0.4, -0.2) is 11.1 Å². The average molecular weight is 259 g/mol. The van der Waals surface area contributed by atoms with Gasteiger partial charge in [0.25, 0.3) is 0 Å². The Bertz CT molecular complexity index is 414. The molecule has 1 rings (SSSR count). The summed E-state index contributed by atoms with van der Waals surface area (Å²) in [6.45, 7) is 3.62. The number of rotatable bonds is 5. The maximum absolute atomic E-state index is 13.6. The molecule has 0 unspecified atom stereocenters. The number of carboxylic acid groups (broad SMARTS) is 1. The Balaban J connectivity index is 3.05. The lowest BCUT2D eigenvalue weighted by Gasteiger charge is -2.26. The highest BCUT2D eigenvalue weighted by molar-refractivity contribution is 6.30. The minimum Gasteiger partial charge on any atom is -0.481 e. The van der Waals surface area contributed by atoms with Gasteiger partial charge >= 0.3 is 5.97 Å². The Morgan fingerprint density at radius 1 is 1.41 bits per heavy atom. The number of hydrogen-bond acceptors (Lipinski definition) is 1. The Morgan fingerprint density at radius 2 is 2.00 bits per heavy atom. The van der Waals surface area contributed by atoms with Gasteiger partial charge in [-0.05, 0) is 37.0 Å². The summed E-state index contributed by atoms with van der Waals surface area (Å²) >= 11 is 5.66. The zero-order chi connectivity index (χ0) is 13.1. The third-order valence-electron chi connectivity index (χ3n) is 3.35. The van der Waals surface area contributed by atoms with Crippen LogP contribution in [0.4, 0.5) is 4.39 Å². The van der Waals surface area contributed by atoms with Gasteiger partial charge < -0.3 is 5.11 Å². The van der Waals surface area contributed by atoms with Crippen LogP contribution in [0.5, 0.6) is 0 Å². The molecule has 4 heteroatoms. The highest BCUT2D eigenvalue weighted by Gasteiger charge is 2.35. The van der Waals surface area contributed by atoms with E-state index in [1.165, 1.54) is 6.07 Å². The van der Waals surface area contributed by atoms with E-state index in [-0.39, 0.29) is 6.42 Å². The fourth-order valence-corrected chi connectivity index (χ4v) is 2.07. The predicted octanol–water partition coefficient (Wildman–Crippen LogP) is 3.91. The lowest BCUT2D eigenvalue weighted by atomic mass is 9.77. The average Bonchev–Trinajstić information content (AvgIpc) is 2.28. The Morgan fingerprint density at radius 3 is 2.41 bits per heavy atom. The second-order valence-corrected chi connectivity index (χ2v) is 4.64. The smallest absolute Gasteiger partial charge is 0.309 e. The van der Waals surface area contributed by atoms with Crippen molar-refractivity contribution in [1.82, 2.24) is 0 Å². The molecule has 0 fully saturated rings. The van der Waals surface area contributed by atoms with Crippen molar-refractivity contribution in [1.29, 1.82) is 0 Å². The number of hydrogen-bond donors (Lipinski definition) is 1. The molecule has 0 aliphatic heterocycles. The summed E-state index contributed by atoms with van der Waals surface area (Å²) in [5, 5.41) is 9.60. The van der Waals surface area contributed by atoms with Gasteiger partial charge in [0, 0.05) is 5.02 Å². The van der Waals surface area contributed by atoms with Gasteiger partial charge in [-0.15, -0.1) is 0 Å². The topological polar surface area (TPSA) is 37.3 Å². The van der Waals surface area contributed by atoms with Crippen molar-refractivity contribution in [3.8, 4) is 0 Å². The largest absolute Gasteiger partial charge is 0.481 e. The highest BCUT2D eigenvalue weighted by Crippen LogP contribution is 2.32. The van der Waals surface area contributed by atoms with Crippen LogP contribution in [-0.2, 0) is 11.2 Å². The third kappa shape index (κ3) is 2.97. The van der Waals surface area contributed by atoms with E-state index < -0.39 is 17.2 Å². The van der Waals surface area contributed by atoms with Gasteiger partial charge in [0.1, 0.15) is 5.82 Å². The third-order valence-corrected chi connectivity index (χ3v) is 3.59. The van der Waals surface area contributed by atoms with E-state index in [9.17, 15) is 14.3 Å². The van der Waals surface area contributed by atoms with E-state index in [2.05, 4.69) is 0 Å². The maximum Gasteiger partial charge on any atom is 0.309 e. The molecule has 0 bridgehead atoms. The molecule has 0 spiro atoms. The van der Waals surface area contributed by atoms with Crippen LogP contribution >= 0.6 is 11.6 Å². The highest BCUT2D eigenvalue weighted by atomic mass is 35.5. The van der Waals surface area contributed by atoms with Crippen molar-refractivity contribution in [3.05, 3.63) is 34.6 Å². The van der Waals surface area contributed by atoms with E-state index >= 15 is 0 Å². The molecule has 0 amide bonds. The number of carbonyl (C=O) groups is 1. The van der Waals surface area contributed by atoms with Crippen LogP contribution in [0.3, 0.4) is 0 Å². The molecule has 17 heavy (non-hydrogen) atoms. The monoisotopic (exact) mass is 258 g/mol. The molecule has 0 saturated carbocycles. The lowest BCUT2D eigenvalue weighted by molar-refractivity contribution is -0.149. The van der Waals surface area contributed by atoms with Crippen LogP contribution in [0, 0.1) is 11.2 Å². The van der Waals surface area contributed by atoms with Gasteiger partial charge in [0.05, 0.1) is 5.41 Å². The Kier molecular flexibility index (Phi) is 4.52. The quantitative estimate of drug-likeness (QED) is 0.869. The van der Waals surface area contributed by atoms with E-state index in [1.807, 2.05) is 13.8 Å². The van der Waals surface area contributed by atoms with E-state index in [1.54, 1.807) is 12.1 Å². The normalized spacial score (nSPS) is 11.5. The predicted molar refractivity (Wildman–Crippen MR) is 65.8 cm³/mol. The van der Waals surface area contributed by atoms with Crippen molar-refractivity contribution < 1.29 is 14.3 Å². The van der Waals surface area contributed by atoms with E-state index in [4.69, 9.17) is 11.6 Å². The van der Waals surface area contributed by atoms with E-state index in [0.717, 1.165) is 0 Å². The second kappa shape index (κ2) is 5.50. The summed E-state index contributed by atoms with van der Waals surface area (Å²) < 4.78 is 13.6. The molecule has 0 radical (unpaired) electrons. The molecule has 2 nitrogen and oxygen atoms in total. The van der Waals surface area contributed by atoms with Crippen molar-refractivity contribution in [2.45, 2.75) is 33.1 Å². The summed E-state index contributed by atoms with van der Waals surface area (Å²) in [6.07, 6.45) is 1.14. The number of aliphatic carboxylic acids is 1. The summed E-state index contributed by atoms with van der Waals surface area (Å²) in [7, 11) is 0. The number of carboxylic acids is 1. The van der Waals surface area contributed by atoms with Crippen LogP contribution in [0.2, 0.25) is 5.02 Å². The van der Waals surface area contributed by atoms with Gasteiger partial charge in [0.15, 0.2) is 0 Å². The lowest BCUT2D eigenvalue weighted by Crippen LogP contribution is -2.32. The zero-order valence-corrected chi connectivity index (χ0v) is 10.7. The molecule has 94 valence electrons. The molecule has 1 aromatic carbocycles. The van der Waals surface area contributed by atoms with Crippen molar-refractivity contribution >= 4 is 17.6 Å². The molecule has 0 aliphatic rings. The number of benzene rings is 1. The van der Waals surface area contributed by atoms with E-state index in [0.29, 0.717) is 23.4 Å². The van der Waals surface area contributed by atoms with Crippen molar-refractivity contribution in [3.63, 3.8) is 0 Å². The fourth-order valence-electron chi connectivity index (χ4n) is 1.91. The molecule has 0 atom stereocenters. The first kappa shape index (κ1) is 14.0. The molecule has 0 heterocycles. The second-order valence-electron chi connectivity index (χ2n) is 4.21. The van der Waals surface area contributed by atoms with Crippen LogP contribution in [0.25, 0.3) is 0 Å². The van der Waals surface area contributed by atoms with Crippen LogP contribution in [0.1, 0.15) is 32.3 Å². The van der Waals surface area contributed by atoms with Crippen molar-refractivity contribution in [2.75, 3.05) is 0 Å². The summed E-state index contributed by atoms with van der Waals surface area (Å²) in [5.41, 5.74) is -0.491. The molecular weight excluding hydrogens is 243 g/mol. The summed E-state index contributed by atoms with van der Waals surface area (Å²) in [5.74, 6) is -1.32. The first-order chi connectivity index (χ1) is 7.95. The summed E-state index contributed by atoms with van der Waals surface area (Å²) in [6, 6.07) is 4.35. The minimum atomic E-state index is -0.894. The molecule has 0 aliphatic carbocycles. The standard InChI is InChI=1S/C13H16ClFO2/c1-3-13(4-2,12(16)17)8-9-5-6-10(14)7-11(9)15/h5-7H,3-4,8H2,1-2H3,(H,16,17). The molecule has 1 aromatic rings.